The van der Waals surface area contributed by atoms with Crippen LogP contribution in [-0.4, -0.2) is 39.6 Å². The molecular formula is C20H20N4O3. The van der Waals surface area contributed by atoms with Crippen LogP contribution in [0.2, 0.25) is 0 Å². The molecule has 0 bridgehead atoms. The van der Waals surface area contributed by atoms with E-state index in [0.29, 0.717) is 24.6 Å². The highest BCUT2D eigenvalue weighted by Gasteiger charge is 2.37. The van der Waals surface area contributed by atoms with Crippen molar-refractivity contribution in [3.8, 4) is 17.1 Å². The molecule has 1 amide bonds. The van der Waals surface area contributed by atoms with Crippen molar-refractivity contribution in [2.24, 2.45) is 0 Å². The van der Waals surface area contributed by atoms with Gasteiger partial charge in [0.2, 0.25) is 17.6 Å². The van der Waals surface area contributed by atoms with Gasteiger partial charge >= 0.3 is 0 Å². The minimum absolute atomic E-state index is 0.100. The highest BCUT2D eigenvalue weighted by molar-refractivity contribution is 5.77. The molecule has 3 aromatic rings. The summed E-state index contributed by atoms with van der Waals surface area (Å²) in [7, 11) is 1.64. The molecule has 1 saturated heterocycles. The average molecular weight is 364 g/mol. The van der Waals surface area contributed by atoms with Crippen molar-refractivity contribution in [3.05, 3.63) is 60.2 Å². The second-order valence-corrected chi connectivity index (χ2v) is 6.44. The number of amides is 1. The number of carbonyl (C=O) groups excluding carboxylic acids is 1. The van der Waals surface area contributed by atoms with Gasteiger partial charge in [-0.1, -0.05) is 17.3 Å². The summed E-state index contributed by atoms with van der Waals surface area (Å²) < 4.78 is 10.5. The van der Waals surface area contributed by atoms with Crippen molar-refractivity contribution in [2.75, 3.05) is 13.7 Å². The molecule has 1 fully saturated rings. The van der Waals surface area contributed by atoms with Gasteiger partial charge in [0.05, 0.1) is 7.11 Å². The van der Waals surface area contributed by atoms with E-state index in [4.69, 9.17) is 9.26 Å². The highest BCUT2D eigenvalue weighted by Crippen LogP contribution is 2.33. The molecule has 0 spiro atoms. The predicted molar refractivity (Wildman–Crippen MR) is 97.9 cm³/mol. The van der Waals surface area contributed by atoms with E-state index in [1.165, 1.54) is 0 Å². The second kappa shape index (κ2) is 7.57. The minimum Gasteiger partial charge on any atom is -0.497 e. The van der Waals surface area contributed by atoms with Crippen LogP contribution in [0.4, 0.5) is 0 Å². The zero-order valence-electron chi connectivity index (χ0n) is 15.0. The lowest BCUT2D eigenvalue weighted by Crippen LogP contribution is -2.45. The first-order valence-electron chi connectivity index (χ1n) is 8.91. The number of rotatable bonds is 6. The lowest BCUT2D eigenvalue weighted by molar-refractivity contribution is -0.140. The average Bonchev–Trinajstić information content (AvgIpc) is 3.16. The Balaban J connectivity index is 1.37. The van der Waals surface area contributed by atoms with Crippen LogP contribution in [0.3, 0.4) is 0 Å². The molecule has 7 heteroatoms. The number of hydrogen-bond donors (Lipinski definition) is 0. The summed E-state index contributed by atoms with van der Waals surface area (Å²) in [6.45, 7) is 0.719. The molecular weight excluding hydrogens is 344 g/mol. The maximum atomic E-state index is 12.6. The van der Waals surface area contributed by atoms with Crippen LogP contribution < -0.4 is 4.74 Å². The first-order chi connectivity index (χ1) is 13.2. The van der Waals surface area contributed by atoms with Gasteiger partial charge in [0, 0.05) is 30.9 Å². The number of aryl methyl sites for hydroxylation is 1. The van der Waals surface area contributed by atoms with Gasteiger partial charge in [-0.05, 0) is 42.7 Å². The first kappa shape index (κ1) is 17.2. The van der Waals surface area contributed by atoms with Gasteiger partial charge in [0.1, 0.15) is 11.8 Å². The van der Waals surface area contributed by atoms with Crippen molar-refractivity contribution >= 4 is 5.91 Å². The normalized spacial score (nSPS) is 16.0. The maximum Gasteiger partial charge on any atom is 0.249 e. The maximum absolute atomic E-state index is 12.6. The zero-order chi connectivity index (χ0) is 18.6. The SMILES string of the molecule is COc1ccc(CCC(=O)N2CCC2c2nc(-c3cccnc3)no2)cc1. The predicted octanol–water partition coefficient (Wildman–Crippen LogP) is 3.05. The third kappa shape index (κ3) is 3.67. The molecule has 2 aromatic heterocycles. The molecule has 138 valence electrons. The Kier molecular flexibility index (Phi) is 4.82. The zero-order valence-corrected chi connectivity index (χ0v) is 15.0. The van der Waals surface area contributed by atoms with Gasteiger partial charge in [-0.25, -0.2) is 0 Å². The lowest BCUT2D eigenvalue weighted by Gasteiger charge is -2.38. The Hall–Kier alpha value is -3.22. The number of aromatic nitrogens is 3. The largest absolute Gasteiger partial charge is 0.497 e. The molecule has 1 atom stereocenters. The molecule has 1 unspecified atom stereocenters. The van der Waals surface area contributed by atoms with Crippen molar-refractivity contribution in [1.82, 2.24) is 20.0 Å². The number of methoxy groups -OCH3 is 1. The Bertz CT molecular complexity index is 908. The fourth-order valence-corrected chi connectivity index (χ4v) is 3.11. The monoisotopic (exact) mass is 364 g/mol. The number of ether oxygens (including phenoxy) is 1. The van der Waals surface area contributed by atoms with Crippen LogP contribution in [0.1, 0.15) is 30.3 Å². The van der Waals surface area contributed by atoms with Gasteiger partial charge in [-0.3, -0.25) is 9.78 Å². The van der Waals surface area contributed by atoms with E-state index < -0.39 is 0 Å². The molecule has 0 N–H and O–H groups in total. The Labute approximate surface area is 157 Å². The summed E-state index contributed by atoms with van der Waals surface area (Å²) in [6, 6.07) is 11.3. The molecule has 0 radical (unpaired) electrons. The minimum atomic E-state index is -0.133. The molecule has 0 saturated carbocycles. The number of benzene rings is 1. The van der Waals surface area contributed by atoms with Gasteiger partial charge in [0.25, 0.3) is 0 Å². The van der Waals surface area contributed by atoms with Gasteiger partial charge < -0.3 is 14.2 Å². The summed E-state index contributed by atoms with van der Waals surface area (Å²) in [5, 5.41) is 4.02. The number of pyridine rings is 1. The van der Waals surface area contributed by atoms with E-state index in [2.05, 4.69) is 15.1 Å². The number of hydrogen-bond acceptors (Lipinski definition) is 6. The summed E-state index contributed by atoms with van der Waals surface area (Å²) in [5.41, 5.74) is 1.90. The fourth-order valence-electron chi connectivity index (χ4n) is 3.11. The first-order valence-corrected chi connectivity index (χ1v) is 8.91. The summed E-state index contributed by atoms with van der Waals surface area (Å²) in [5.74, 6) is 1.89. The molecule has 4 rings (SSSR count). The standard InChI is InChI=1S/C20H20N4O3/c1-26-16-7-4-14(5-8-16)6-9-18(25)24-12-10-17(24)20-22-19(23-27-20)15-3-2-11-21-13-15/h2-5,7-8,11,13,17H,6,9-10,12H2,1H3. The van der Waals surface area contributed by atoms with Crippen LogP contribution in [0.5, 0.6) is 5.75 Å². The van der Waals surface area contributed by atoms with Crippen molar-refractivity contribution in [2.45, 2.75) is 25.3 Å². The topological polar surface area (TPSA) is 81.4 Å². The van der Waals surface area contributed by atoms with Crippen LogP contribution in [0.25, 0.3) is 11.4 Å². The van der Waals surface area contributed by atoms with Crippen molar-refractivity contribution in [1.29, 1.82) is 0 Å². The summed E-state index contributed by atoms with van der Waals surface area (Å²) in [6.07, 6.45) is 5.36. The third-order valence-electron chi connectivity index (χ3n) is 4.77. The van der Waals surface area contributed by atoms with E-state index in [1.54, 1.807) is 19.5 Å². The van der Waals surface area contributed by atoms with Crippen LogP contribution in [-0.2, 0) is 11.2 Å². The summed E-state index contributed by atoms with van der Waals surface area (Å²) >= 11 is 0. The quantitative estimate of drug-likeness (QED) is 0.669. The van der Waals surface area contributed by atoms with Gasteiger partial charge in [-0.15, -0.1) is 0 Å². The molecule has 1 aromatic carbocycles. The smallest absolute Gasteiger partial charge is 0.249 e. The van der Waals surface area contributed by atoms with Crippen LogP contribution >= 0.6 is 0 Å². The molecule has 0 aliphatic carbocycles. The van der Waals surface area contributed by atoms with E-state index in [0.717, 1.165) is 29.8 Å². The fraction of sp³-hybridized carbons (Fsp3) is 0.300. The van der Waals surface area contributed by atoms with E-state index in [9.17, 15) is 4.79 Å². The number of nitrogens with zero attached hydrogens (tertiary/aromatic N) is 4. The number of likely N-dealkylation sites (tertiary alicyclic amines) is 1. The molecule has 7 nitrogen and oxygen atoms in total. The van der Waals surface area contributed by atoms with Gasteiger partial charge in [0.15, 0.2) is 0 Å². The van der Waals surface area contributed by atoms with Crippen molar-refractivity contribution in [3.63, 3.8) is 0 Å². The van der Waals surface area contributed by atoms with Crippen LogP contribution in [0, 0.1) is 0 Å². The van der Waals surface area contributed by atoms with E-state index in [1.807, 2.05) is 41.3 Å². The lowest BCUT2D eigenvalue weighted by atomic mass is 10.0. The Morgan fingerprint density at radius 1 is 1.30 bits per heavy atom. The molecule has 1 aliphatic rings. The van der Waals surface area contributed by atoms with E-state index >= 15 is 0 Å². The number of carbonyl (C=O) groups is 1. The highest BCUT2D eigenvalue weighted by atomic mass is 16.5. The third-order valence-corrected chi connectivity index (χ3v) is 4.77. The second-order valence-electron chi connectivity index (χ2n) is 6.44. The van der Waals surface area contributed by atoms with Crippen LogP contribution in [0.15, 0.2) is 53.3 Å². The summed E-state index contributed by atoms with van der Waals surface area (Å²) in [4.78, 5) is 22.9. The molecule has 27 heavy (non-hydrogen) atoms. The Morgan fingerprint density at radius 3 is 2.81 bits per heavy atom. The van der Waals surface area contributed by atoms with E-state index in [-0.39, 0.29) is 11.9 Å². The molecule has 1 aliphatic heterocycles. The Morgan fingerprint density at radius 2 is 2.15 bits per heavy atom. The molecule has 3 heterocycles. The van der Waals surface area contributed by atoms with Crippen molar-refractivity contribution < 1.29 is 14.1 Å². The van der Waals surface area contributed by atoms with Gasteiger partial charge in [-0.2, -0.15) is 4.98 Å².